The second-order valence-corrected chi connectivity index (χ2v) is 15.3. The lowest BCUT2D eigenvalue weighted by Gasteiger charge is -2.26. The van der Waals surface area contributed by atoms with E-state index in [-0.39, 0.29) is 18.5 Å². The molecule has 4 rings (SSSR count). The molecule has 0 spiro atoms. The Morgan fingerprint density at radius 3 is 2.48 bits per heavy atom. The molecule has 2 aliphatic heterocycles. The lowest BCUT2D eigenvalue weighted by molar-refractivity contribution is -0.122. The van der Waals surface area contributed by atoms with Gasteiger partial charge in [-0.1, -0.05) is 31.8 Å². The highest BCUT2D eigenvalue weighted by atomic mass is 28.3. The van der Waals surface area contributed by atoms with Gasteiger partial charge in [-0.3, -0.25) is 14.5 Å². The molecule has 2 aromatic carbocycles. The Bertz CT molecular complexity index is 1090. The number of carbonyl (C=O) groups excluding carboxylic acids is 2. The minimum atomic E-state index is -1.26. The maximum Gasteiger partial charge on any atom is 0.260 e. The highest BCUT2D eigenvalue weighted by Gasteiger charge is 2.42. The summed E-state index contributed by atoms with van der Waals surface area (Å²) in [5.74, 6) is 0.189. The van der Waals surface area contributed by atoms with Crippen LogP contribution in [0, 0.1) is 0 Å². The average molecular weight is 466 g/mol. The minimum absolute atomic E-state index is 0.109. The molecule has 2 amide bonds. The van der Waals surface area contributed by atoms with E-state index in [4.69, 9.17) is 15.2 Å². The summed E-state index contributed by atoms with van der Waals surface area (Å²) in [7, 11) is 0.296. The molecule has 0 saturated carbocycles. The highest BCUT2D eigenvalue weighted by molar-refractivity contribution is 6.76. The SMILES string of the molecule is COc1ccc2c(c1)C(=O)N1C=C(c3ccc(N)cc3)CC1C(=O)N2COCC[Si](C)(C)C. The van der Waals surface area contributed by atoms with E-state index in [2.05, 4.69) is 19.6 Å². The van der Waals surface area contributed by atoms with Gasteiger partial charge in [0.15, 0.2) is 0 Å². The first-order valence-corrected chi connectivity index (χ1v) is 14.8. The van der Waals surface area contributed by atoms with E-state index in [1.807, 2.05) is 24.3 Å². The van der Waals surface area contributed by atoms with E-state index >= 15 is 0 Å². The van der Waals surface area contributed by atoms with Crippen LogP contribution in [-0.2, 0) is 9.53 Å². The third-order valence-electron chi connectivity index (χ3n) is 6.05. The minimum Gasteiger partial charge on any atom is -0.497 e. The van der Waals surface area contributed by atoms with Crippen molar-refractivity contribution < 1.29 is 19.1 Å². The second-order valence-electron chi connectivity index (χ2n) is 9.71. The first kappa shape index (κ1) is 23.1. The molecule has 7 nitrogen and oxygen atoms in total. The number of nitrogens with two attached hydrogens (primary N) is 1. The topological polar surface area (TPSA) is 85.1 Å². The molecule has 8 heteroatoms. The summed E-state index contributed by atoms with van der Waals surface area (Å²) in [5, 5.41) is 0. The van der Waals surface area contributed by atoms with Crippen molar-refractivity contribution in [3.8, 4) is 5.75 Å². The Hall–Kier alpha value is -3.10. The molecule has 0 aliphatic carbocycles. The Morgan fingerprint density at radius 1 is 1.09 bits per heavy atom. The molecule has 0 aromatic heterocycles. The molecule has 0 fully saturated rings. The first-order valence-electron chi connectivity index (χ1n) is 11.1. The van der Waals surface area contributed by atoms with Gasteiger partial charge in [-0.2, -0.15) is 0 Å². The number of methoxy groups -OCH3 is 1. The second kappa shape index (κ2) is 9.03. The van der Waals surface area contributed by atoms with Crippen LogP contribution in [0.4, 0.5) is 11.4 Å². The number of nitrogens with zero attached hydrogens (tertiary/aromatic N) is 2. The number of nitrogen functional groups attached to an aromatic ring is 1. The van der Waals surface area contributed by atoms with E-state index in [1.165, 1.54) is 0 Å². The van der Waals surface area contributed by atoms with Crippen molar-refractivity contribution in [1.29, 1.82) is 0 Å². The Labute approximate surface area is 195 Å². The molecule has 174 valence electrons. The quantitative estimate of drug-likeness (QED) is 0.376. The van der Waals surface area contributed by atoms with Crippen molar-refractivity contribution in [2.75, 3.05) is 31.1 Å². The van der Waals surface area contributed by atoms with Gasteiger partial charge in [0.2, 0.25) is 0 Å². The molecule has 2 heterocycles. The molecule has 0 radical (unpaired) electrons. The van der Waals surface area contributed by atoms with Gasteiger partial charge < -0.3 is 20.1 Å². The number of anilines is 2. The predicted molar refractivity (Wildman–Crippen MR) is 133 cm³/mol. The summed E-state index contributed by atoms with van der Waals surface area (Å²) in [4.78, 5) is 30.4. The van der Waals surface area contributed by atoms with Gasteiger partial charge in [-0.25, -0.2) is 0 Å². The summed E-state index contributed by atoms with van der Waals surface area (Å²) in [6.07, 6.45) is 2.22. The summed E-state index contributed by atoms with van der Waals surface area (Å²) in [6.45, 7) is 7.55. The first-order chi connectivity index (χ1) is 15.7. The van der Waals surface area contributed by atoms with Gasteiger partial charge in [0.25, 0.3) is 11.8 Å². The van der Waals surface area contributed by atoms with Crippen LogP contribution in [0.1, 0.15) is 22.3 Å². The molecule has 0 bridgehead atoms. The van der Waals surface area contributed by atoms with Gasteiger partial charge >= 0.3 is 0 Å². The van der Waals surface area contributed by atoms with Crippen molar-refractivity contribution in [2.24, 2.45) is 0 Å². The summed E-state index contributed by atoms with van der Waals surface area (Å²) < 4.78 is 11.3. The van der Waals surface area contributed by atoms with Crippen molar-refractivity contribution in [1.82, 2.24) is 4.90 Å². The molecular formula is C25H31N3O4Si. The number of fused-ring (bicyclic) bond motifs is 2. The van der Waals surface area contributed by atoms with Crippen LogP contribution in [0.5, 0.6) is 5.75 Å². The van der Waals surface area contributed by atoms with Gasteiger partial charge in [0, 0.05) is 33.0 Å². The van der Waals surface area contributed by atoms with Gasteiger partial charge in [0.1, 0.15) is 18.5 Å². The molecule has 2 aromatic rings. The summed E-state index contributed by atoms with van der Waals surface area (Å²) in [6, 6.07) is 13.1. The maximum atomic E-state index is 13.7. The molecule has 0 saturated heterocycles. The standard InChI is InChI=1S/C25H31N3O4Si/c1-31-20-9-10-22-21(14-20)24(29)27-15-18(17-5-7-19(26)8-6-17)13-23(27)25(30)28(22)16-32-11-12-33(2,3)4/h5-10,14-15,23H,11-13,16,26H2,1-4H3. The van der Waals surface area contributed by atoms with E-state index in [0.29, 0.717) is 35.7 Å². The predicted octanol–water partition coefficient (Wildman–Crippen LogP) is 4.19. The van der Waals surface area contributed by atoms with E-state index in [9.17, 15) is 9.59 Å². The monoisotopic (exact) mass is 465 g/mol. The van der Waals surface area contributed by atoms with Crippen LogP contribution >= 0.6 is 0 Å². The number of ether oxygens (including phenoxy) is 2. The fourth-order valence-electron chi connectivity index (χ4n) is 4.07. The Kier molecular flexibility index (Phi) is 6.31. The number of rotatable bonds is 7. The number of amides is 2. The van der Waals surface area contributed by atoms with Crippen molar-refractivity contribution in [2.45, 2.75) is 38.1 Å². The fraction of sp³-hybridized carbons (Fsp3) is 0.360. The van der Waals surface area contributed by atoms with E-state index < -0.39 is 14.1 Å². The van der Waals surface area contributed by atoms with Crippen LogP contribution in [-0.4, -0.2) is 51.3 Å². The third-order valence-corrected chi connectivity index (χ3v) is 7.76. The molecule has 2 N–H and O–H groups in total. The third kappa shape index (κ3) is 4.81. The zero-order valence-electron chi connectivity index (χ0n) is 19.6. The largest absolute Gasteiger partial charge is 0.497 e. The zero-order valence-corrected chi connectivity index (χ0v) is 20.6. The molecule has 1 unspecified atom stereocenters. The smallest absolute Gasteiger partial charge is 0.260 e. The summed E-state index contributed by atoms with van der Waals surface area (Å²) >= 11 is 0. The van der Waals surface area contributed by atoms with Crippen LogP contribution in [0.2, 0.25) is 25.7 Å². The van der Waals surface area contributed by atoms with Gasteiger partial charge in [0.05, 0.1) is 18.4 Å². The summed E-state index contributed by atoms with van der Waals surface area (Å²) in [5.41, 5.74) is 9.34. The van der Waals surface area contributed by atoms with Crippen molar-refractivity contribution >= 4 is 36.8 Å². The average Bonchev–Trinajstić information content (AvgIpc) is 3.20. The number of carbonyl (C=O) groups is 2. The van der Waals surface area contributed by atoms with Gasteiger partial charge in [-0.05, 0) is 47.5 Å². The molecular weight excluding hydrogens is 434 g/mol. The zero-order chi connectivity index (χ0) is 23.8. The molecule has 33 heavy (non-hydrogen) atoms. The lowest BCUT2D eigenvalue weighted by atomic mass is 10.0. The molecule has 1 atom stereocenters. The normalized spacial score (nSPS) is 18.1. The highest BCUT2D eigenvalue weighted by Crippen LogP contribution is 2.38. The Balaban J connectivity index is 1.67. The van der Waals surface area contributed by atoms with E-state index in [0.717, 1.165) is 17.2 Å². The van der Waals surface area contributed by atoms with Crippen molar-refractivity contribution in [3.63, 3.8) is 0 Å². The molecule has 2 aliphatic rings. The maximum absolute atomic E-state index is 13.7. The fourth-order valence-corrected chi connectivity index (χ4v) is 4.82. The van der Waals surface area contributed by atoms with Crippen LogP contribution in [0.3, 0.4) is 0 Å². The van der Waals surface area contributed by atoms with Crippen LogP contribution in [0.15, 0.2) is 48.7 Å². The number of benzene rings is 2. The van der Waals surface area contributed by atoms with Crippen LogP contribution in [0.25, 0.3) is 5.57 Å². The number of hydrogen-bond acceptors (Lipinski definition) is 5. The van der Waals surface area contributed by atoms with E-state index in [1.54, 1.807) is 41.3 Å². The van der Waals surface area contributed by atoms with Crippen LogP contribution < -0.4 is 15.4 Å². The number of hydrogen-bond donors (Lipinski definition) is 1. The van der Waals surface area contributed by atoms with Crippen molar-refractivity contribution in [3.05, 3.63) is 59.8 Å². The van der Waals surface area contributed by atoms with Gasteiger partial charge in [-0.15, -0.1) is 0 Å². The Morgan fingerprint density at radius 2 is 1.82 bits per heavy atom. The lowest BCUT2D eigenvalue weighted by Crippen LogP contribution is -2.45.